The second kappa shape index (κ2) is 5.61. The molecule has 0 saturated heterocycles. The molecule has 0 radical (unpaired) electrons. The van der Waals surface area contributed by atoms with E-state index in [1.54, 1.807) is 32.6 Å². The van der Waals surface area contributed by atoms with Crippen LogP contribution >= 0.6 is 11.6 Å². The number of nitrogens with one attached hydrogen (secondary N) is 1. The van der Waals surface area contributed by atoms with E-state index in [1.165, 1.54) is 9.58 Å². The lowest BCUT2D eigenvalue weighted by Gasteiger charge is -2.11. The predicted molar refractivity (Wildman–Crippen MR) is 69.1 cm³/mol. The van der Waals surface area contributed by atoms with Crippen LogP contribution in [0.1, 0.15) is 0 Å². The highest BCUT2D eigenvalue weighted by molar-refractivity contribution is 6.28. The summed E-state index contributed by atoms with van der Waals surface area (Å²) in [5, 5.41) is 6.81. The first kappa shape index (κ1) is 13.2. The van der Waals surface area contributed by atoms with Crippen molar-refractivity contribution in [2.75, 3.05) is 26.0 Å². The Labute approximate surface area is 114 Å². The summed E-state index contributed by atoms with van der Waals surface area (Å²) in [5.74, 6) is 0.405. The molecule has 9 heteroatoms. The van der Waals surface area contributed by atoms with Gasteiger partial charge in [0.15, 0.2) is 0 Å². The highest BCUT2D eigenvalue weighted by atomic mass is 35.5. The zero-order valence-electron chi connectivity index (χ0n) is 10.4. The van der Waals surface area contributed by atoms with E-state index in [1.807, 2.05) is 0 Å². The second-order valence-electron chi connectivity index (χ2n) is 3.82. The molecule has 2 heterocycles. The number of carbonyl (C=O) groups is 1. The Morgan fingerprint density at radius 2 is 2.21 bits per heavy atom. The van der Waals surface area contributed by atoms with Crippen LogP contribution in [0, 0.1) is 0 Å². The van der Waals surface area contributed by atoms with E-state index in [0.717, 1.165) is 0 Å². The van der Waals surface area contributed by atoms with Gasteiger partial charge in [0, 0.05) is 26.5 Å². The largest absolute Gasteiger partial charge is 0.347 e. The Bertz CT molecular complexity index is 569. The Hall–Kier alpha value is -2.22. The number of halogens is 1. The third-order valence-corrected chi connectivity index (χ3v) is 2.37. The van der Waals surface area contributed by atoms with E-state index < -0.39 is 0 Å². The molecule has 2 rings (SSSR count). The van der Waals surface area contributed by atoms with Crippen LogP contribution in [-0.4, -0.2) is 56.2 Å². The van der Waals surface area contributed by atoms with Crippen LogP contribution in [-0.2, 0) is 4.79 Å². The molecule has 1 amide bonds. The quantitative estimate of drug-likeness (QED) is 0.862. The number of likely N-dealkylation sites (N-methyl/N-ethyl adjacent to an activating group) is 1. The van der Waals surface area contributed by atoms with Gasteiger partial charge >= 0.3 is 0 Å². The molecule has 0 aliphatic heterocycles. The van der Waals surface area contributed by atoms with Gasteiger partial charge in [0.05, 0.1) is 6.54 Å². The summed E-state index contributed by atoms with van der Waals surface area (Å²) in [7, 11) is 3.33. The Morgan fingerprint density at radius 3 is 2.84 bits per heavy atom. The first-order valence-electron chi connectivity index (χ1n) is 5.42. The number of nitrogens with zero attached hydrogens (tertiary/aromatic N) is 6. The van der Waals surface area contributed by atoms with Gasteiger partial charge < -0.3 is 10.2 Å². The van der Waals surface area contributed by atoms with E-state index in [9.17, 15) is 4.79 Å². The smallest absolute Gasteiger partial charge is 0.256 e. The lowest BCUT2D eigenvalue weighted by Crippen LogP contribution is -2.29. The first-order chi connectivity index (χ1) is 9.06. The standard InChI is InChI=1S/C10H12ClN7O/c1-17(2)7(19)6-12-9-14-8(11)15-10(16-9)18-5-3-4-13-18/h3-5H,6H2,1-2H3,(H,12,14,15,16). The monoisotopic (exact) mass is 281 g/mol. The van der Waals surface area contributed by atoms with E-state index in [0.29, 0.717) is 0 Å². The molecule has 8 nitrogen and oxygen atoms in total. The van der Waals surface area contributed by atoms with Crippen molar-refractivity contribution in [3.63, 3.8) is 0 Å². The molecule has 0 aliphatic rings. The Kier molecular flexibility index (Phi) is 3.91. The molecule has 1 N–H and O–H groups in total. The topological polar surface area (TPSA) is 88.8 Å². The third-order valence-electron chi connectivity index (χ3n) is 2.20. The van der Waals surface area contributed by atoms with Crippen molar-refractivity contribution in [1.82, 2.24) is 29.6 Å². The fourth-order valence-corrected chi connectivity index (χ4v) is 1.38. The number of hydrogen-bond donors (Lipinski definition) is 1. The predicted octanol–water partition coefficient (Wildman–Crippen LogP) is 0.211. The van der Waals surface area contributed by atoms with Gasteiger partial charge in [0.2, 0.25) is 17.1 Å². The van der Waals surface area contributed by atoms with E-state index in [4.69, 9.17) is 11.6 Å². The summed E-state index contributed by atoms with van der Waals surface area (Å²) in [5.41, 5.74) is 0. The maximum Gasteiger partial charge on any atom is 0.256 e. The molecule has 0 aliphatic carbocycles. The average Bonchev–Trinajstić information content (AvgIpc) is 2.89. The maximum atomic E-state index is 11.5. The van der Waals surface area contributed by atoms with Crippen molar-refractivity contribution < 1.29 is 4.79 Å². The van der Waals surface area contributed by atoms with Crippen molar-refractivity contribution in [2.45, 2.75) is 0 Å². The lowest BCUT2D eigenvalue weighted by molar-refractivity contribution is -0.126. The van der Waals surface area contributed by atoms with Crippen LogP contribution in [0.15, 0.2) is 18.5 Å². The molecular formula is C10H12ClN7O. The molecule has 0 bridgehead atoms. The highest BCUT2D eigenvalue weighted by Crippen LogP contribution is 2.08. The molecule has 19 heavy (non-hydrogen) atoms. The van der Waals surface area contributed by atoms with Gasteiger partial charge in [0.1, 0.15) is 0 Å². The summed E-state index contributed by atoms with van der Waals surface area (Å²) in [6.07, 6.45) is 3.28. The normalized spacial score (nSPS) is 10.3. The zero-order chi connectivity index (χ0) is 13.8. The number of amides is 1. The lowest BCUT2D eigenvalue weighted by atomic mass is 10.5. The van der Waals surface area contributed by atoms with Gasteiger partial charge in [-0.25, -0.2) is 4.68 Å². The molecule has 100 valence electrons. The SMILES string of the molecule is CN(C)C(=O)CNc1nc(Cl)nc(-n2cccn2)n1. The fraction of sp³-hybridized carbons (Fsp3) is 0.300. The number of aromatic nitrogens is 5. The number of carbonyl (C=O) groups excluding carboxylic acids is 1. The second-order valence-corrected chi connectivity index (χ2v) is 4.16. The van der Waals surface area contributed by atoms with Crippen molar-refractivity contribution in [3.05, 3.63) is 23.7 Å². The van der Waals surface area contributed by atoms with Crippen LogP contribution < -0.4 is 5.32 Å². The van der Waals surface area contributed by atoms with Crippen LogP contribution in [0.2, 0.25) is 5.28 Å². The summed E-state index contributed by atoms with van der Waals surface area (Å²) in [4.78, 5) is 24.9. The number of hydrogen-bond acceptors (Lipinski definition) is 6. The van der Waals surface area contributed by atoms with Crippen molar-refractivity contribution >= 4 is 23.5 Å². The van der Waals surface area contributed by atoms with Crippen molar-refractivity contribution in [3.8, 4) is 5.95 Å². The molecule has 0 fully saturated rings. The molecule has 2 aromatic heterocycles. The zero-order valence-corrected chi connectivity index (χ0v) is 11.2. The van der Waals surface area contributed by atoms with Crippen molar-refractivity contribution in [2.24, 2.45) is 0 Å². The highest BCUT2D eigenvalue weighted by Gasteiger charge is 2.09. The minimum atomic E-state index is -0.0998. The summed E-state index contributed by atoms with van der Waals surface area (Å²) < 4.78 is 1.45. The summed E-state index contributed by atoms with van der Waals surface area (Å²) in [6, 6.07) is 1.74. The first-order valence-corrected chi connectivity index (χ1v) is 5.79. The molecule has 0 spiro atoms. The number of rotatable bonds is 4. The van der Waals surface area contributed by atoms with E-state index in [-0.39, 0.29) is 29.6 Å². The Morgan fingerprint density at radius 1 is 1.42 bits per heavy atom. The van der Waals surface area contributed by atoms with Gasteiger partial charge in [-0.15, -0.1) is 0 Å². The minimum absolute atomic E-state index is 0.0281. The molecule has 0 aromatic carbocycles. The molecule has 0 atom stereocenters. The van der Waals surface area contributed by atoms with E-state index in [2.05, 4.69) is 25.4 Å². The van der Waals surface area contributed by atoms with Crippen LogP contribution in [0.4, 0.5) is 5.95 Å². The molecule has 0 saturated carbocycles. The molecule has 2 aromatic rings. The van der Waals surface area contributed by atoms with Crippen LogP contribution in [0.25, 0.3) is 5.95 Å². The van der Waals surface area contributed by atoms with Gasteiger partial charge in [-0.2, -0.15) is 20.1 Å². The number of anilines is 1. The maximum absolute atomic E-state index is 11.5. The third kappa shape index (κ3) is 3.38. The fourth-order valence-electron chi connectivity index (χ4n) is 1.22. The molecule has 0 unspecified atom stereocenters. The van der Waals surface area contributed by atoms with Gasteiger partial charge in [-0.1, -0.05) is 0 Å². The van der Waals surface area contributed by atoms with Crippen molar-refractivity contribution in [1.29, 1.82) is 0 Å². The summed E-state index contributed by atoms with van der Waals surface area (Å²) in [6.45, 7) is 0.0753. The van der Waals surface area contributed by atoms with Crippen LogP contribution in [0.3, 0.4) is 0 Å². The van der Waals surface area contributed by atoms with Gasteiger partial charge in [0.25, 0.3) is 5.95 Å². The van der Waals surface area contributed by atoms with Crippen LogP contribution in [0.5, 0.6) is 0 Å². The Balaban J connectivity index is 2.16. The van der Waals surface area contributed by atoms with E-state index >= 15 is 0 Å². The molecular weight excluding hydrogens is 270 g/mol. The average molecular weight is 282 g/mol. The van der Waals surface area contributed by atoms with Gasteiger partial charge in [-0.3, -0.25) is 4.79 Å². The summed E-state index contributed by atoms with van der Waals surface area (Å²) >= 11 is 5.81. The van der Waals surface area contributed by atoms with Gasteiger partial charge in [-0.05, 0) is 17.7 Å². The minimum Gasteiger partial charge on any atom is -0.347 e.